The van der Waals surface area contributed by atoms with Gasteiger partial charge in [0.05, 0.1) is 16.0 Å². The van der Waals surface area contributed by atoms with Crippen molar-refractivity contribution in [3.63, 3.8) is 0 Å². The highest BCUT2D eigenvalue weighted by Crippen LogP contribution is 2.28. The molecule has 0 saturated heterocycles. The first-order valence-corrected chi connectivity index (χ1v) is 5.72. The van der Waals surface area contributed by atoms with Crippen molar-refractivity contribution in [3.8, 4) is 0 Å². The van der Waals surface area contributed by atoms with Gasteiger partial charge in [-0.2, -0.15) is 0 Å². The average Bonchev–Trinajstić information content (AvgIpc) is 2.24. The van der Waals surface area contributed by atoms with Crippen molar-refractivity contribution in [3.05, 3.63) is 28.0 Å². The number of halogens is 3. The van der Waals surface area contributed by atoms with Crippen LogP contribution in [0.3, 0.4) is 0 Å². The molecule has 0 saturated carbocycles. The summed E-state index contributed by atoms with van der Waals surface area (Å²) in [6.07, 6.45) is 0. The third kappa shape index (κ3) is 3.48. The second-order valence-corrected chi connectivity index (χ2v) is 4.63. The number of carboxylic acids is 1. The molecule has 0 aliphatic carbocycles. The van der Waals surface area contributed by atoms with E-state index in [0.29, 0.717) is 5.69 Å². The van der Waals surface area contributed by atoms with Crippen LogP contribution in [0, 0.1) is 11.7 Å². The highest BCUT2D eigenvalue weighted by Gasteiger charge is 2.19. The number of nitrogens with one attached hydrogen (secondary N) is 1. The fraction of sp³-hybridized carbons (Fsp3) is 0.364. The topological polar surface area (TPSA) is 49.3 Å². The lowest BCUT2D eigenvalue weighted by Crippen LogP contribution is -2.29. The molecule has 0 bridgehead atoms. The predicted molar refractivity (Wildman–Crippen MR) is 66.3 cm³/mol. The molecule has 0 amide bonds. The molecule has 0 radical (unpaired) electrons. The summed E-state index contributed by atoms with van der Waals surface area (Å²) in [7, 11) is 0. The fourth-order valence-electron chi connectivity index (χ4n) is 1.24. The second kappa shape index (κ2) is 5.56. The summed E-state index contributed by atoms with van der Waals surface area (Å²) in [6.45, 7) is 3.29. The van der Waals surface area contributed by atoms with Crippen LogP contribution in [0.2, 0.25) is 10.0 Å². The lowest BCUT2D eigenvalue weighted by Gasteiger charge is -2.19. The molecule has 94 valence electrons. The van der Waals surface area contributed by atoms with Crippen LogP contribution in [-0.2, 0) is 4.79 Å². The third-order valence-corrected chi connectivity index (χ3v) is 3.07. The van der Waals surface area contributed by atoms with Crippen molar-refractivity contribution in [2.45, 2.75) is 19.9 Å². The molecule has 2 atom stereocenters. The Labute approximate surface area is 109 Å². The fourth-order valence-corrected chi connectivity index (χ4v) is 1.73. The quantitative estimate of drug-likeness (QED) is 0.827. The van der Waals surface area contributed by atoms with Crippen LogP contribution in [0.15, 0.2) is 12.1 Å². The highest BCUT2D eigenvalue weighted by atomic mass is 35.5. The van der Waals surface area contributed by atoms with Crippen LogP contribution < -0.4 is 5.32 Å². The maximum Gasteiger partial charge on any atom is 0.308 e. The number of hydrogen-bond acceptors (Lipinski definition) is 2. The number of carboxylic acid groups (broad SMARTS) is 1. The van der Waals surface area contributed by atoms with Crippen molar-refractivity contribution in [1.29, 1.82) is 0 Å². The van der Waals surface area contributed by atoms with Gasteiger partial charge in [-0.3, -0.25) is 4.79 Å². The number of carbonyl (C=O) groups is 1. The van der Waals surface area contributed by atoms with Gasteiger partial charge in [0.1, 0.15) is 0 Å². The standard InChI is InChI=1S/C11H12Cl2FNO2/c1-5(11(16)17)6(2)15-7-3-8(12)10(14)9(13)4-7/h3-6,15H,1-2H3,(H,16,17). The van der Waals surface area contributed by atoms with Crippen molar-refractivity contribution in [2.75, 3.05) is 5.32 Å². The van der Waals surface area contributed by atoms with Gasteiger partial charge in [-0.1, -0.05) is 23.2 Å². The van der Waals surface area contributed by atoms with Crippen molar-refractivity contribution >= 4 is 34.9 Å². The minimum Gasteiger partial charge on any atom is -0.481 e. The Kier molecular flexibility index (Phi) is 4.60. The van der Waals surface area contributed by atoms with Gasteiger partial charge in [0.15, 0.2) is 5.82 Å². The maximum absolute atomic E-state index is 13.1. The Morgan fingerprint density at radius 2 is 1.82 bits per heavy atom. The monoisotopic (exact) mass is 279 g/mol. The molecule has 0 aliphatic rings. The molecule has 17 heavy (non-hydrogen) atoms. The second-order valence-electron chi connectivity index (χ2n) is 3.81. The molecule has 2 unspecified atom stereocenters. The highest BCUT2D eigenvalue weighted by molar-refractivity contribution is 6.35. The number of anilines is 1. The first-order chi connectivity index (χ1) is 7.82. The summed E-state index contributed by atoms with van der Waals surface area (Å²) in [6, 6.07) is 2.41. The van der Waals surface area contributed by atoms with E-state index in [4.69, 9.17) is 28.3 Å². The Hall–Kier alpha value is -1.00. The summed E-state index contributed by atoms with van der Waals surface area (Å²) < 4.78 is 13.1. The Balaban J connectivity index is 2.86. The molecule has 2 N–H and O–H groups in total. The minimum atomic E-state index is -0.913. The van der Waals surface area contributed by atoms with Crippen molar-refractivity contribution < 1.29 is 14.3 Å². The van der Waals surface area contributed by atoms with E-state index in [1.54, 1.807) is 13.8 Å². The Morgan fingerprint density at radius 3 is 2.24 bits per heavy atom. The van der Waals surface area contributed by atoms with E-state index in [-0.39, 0.29) is 16.1 Å². The minimum absolute atomic E-state index is 0.102. The largest absolute Gasteiger partial charge is 0.481 e. The molecule has 0 fully saturated rings. The molecule has 0 aliphatic heterocycles. The summed E-state index contributed by atoms with van der Waals surface area (Å²) >= 11 is 11.3. The van der Waals surface area contributed by atoms with Crippen LogP contribution >= 0.6 is 23.2 Å². The summed E-state index contributed by atoms with van der Waals surface area (Å²) in [5.41, 5.74) is 0.488. The first kappa shape index (κ1) is 14.1. The molecular formula is C11H12Cl2FNO2. The van der Waals surface area contributed by atoms with Gasteiger partial charge in [0.25, 0.3) is 0 Å². The zero-order chi connectivity index (χ0) is 13.2. The van der Waals surface area contributed by atoms with Crippen LogP contribution in [-0.4, -0.2) is 17.1 Å². The van der Waals surface area contributed by atoms with E-state index < -0.39 is 17.7 Å². The molecule has 1 aromatic carbocycles. The summed E-state index contributed by atoms with van der Waals surface area (Å²) in [5.74, 6) is -2.18. The van der Waals surface area contributed by atoms with Gasteiger partial charge in [-0.05, 0) is 26.0 Å². The molecule has 0 spiro atoms. The van der Waals surface area contributed by atoms with Crippen LogP contribution in [0.4, 0.5) is 10.1 Å². The Bertz CT molecular complexity index is 416. The van der Waals surface area contributed by atoms with E-state index in [1.807, 2.05) is 0 Å². The maximum atomic E-state index is 13.1. The molecule has 1 rings (SSSR count). The van der Waals surface area contributed by atoms with Crippen LogP contribution in [0.25, 0.3) is 0 Å². The summed E-state index contributed by atoms with van der Waals surface area (Å²) in [5, 5.41) is 11.5. The number of rotatable bonds is 4. The predicted octanol–water partition coefficient (Wildman–Crippen LogP) is 3.65. The first-order valence-electron chi connectivity index (χ1n) is 4.96. The van der Waals surface area contributed by atoms with Crippen molar-refractivity contribution in [1.82, 2.24) is 0 Å². The third-order valence-electron chi connectivity index (χ3n) is 2.52. The molecule has 6 heteroatoms. The van der Waals surface area contributed by atoms with E-state index in [0.717, 1.165) is 0 Å². The van der Waals surface area contributed by atoms with Gasteiger partial charge in [0.2, 0.25) is 0 Å². The Morgan fingerprint density at radius 1 is 1.35 bits per heavy atom. The molecular weight excluding hydrogens is 268 g/mol. The molecule has 1 aromatic rings. The average molecular weight is 280 g/mol. The number of hydrogen-bond donors (Lipinski definition) is 2. The van der Waals surface area contributed by atoms with E-state index in [9.17, 15) is 9.18 Å². The van der Waals surface area contributed by atoms with Crippen molar-refractivity contribution in [2.24, 2.45) is 5.92 Å². The van der Waals surface area contributed by atoms with Gasteiger partial charge in [-0.25, -0.2) is 4.39 Å². The number of benzene rings is 1. The van der Waals surface area contributed by atoms with Gasteiger partial charge < -0.3 is 10.4 Å². The van der Waals surface area contributed by atoms with Gasteiger partial charge in [-0.15, -0.1) is 0 Å². The summed E-state index contributed by atoms with van der Waals surface area (Å²) in [4.78, 5) is 10.8. The lowest BCUT2D eigenvalue weighted by molar-refractivity contribution is -0.141. The SMILES string of the molecule is CC(Nc1cc(Cl)c(F)c(Cl)c1)C(C)C(=O)O. The smallest absolute Gasteiger partial charge is 0.308 e. The van der Waals surface area contributed by atoms with E-state index in [1.165, 1.54) is 12.1 Å². The lowest BCUT2D eigenvalue weighted by atomic mass is 10.0. The number of aliphatic carboxylic acids is 1. The van der Waals surface area contributed by atoms with E-state index in [2.05, 4.69) is 5.32 Å². The zero-order valence-electron chi connectivity index (χ0n) is 9.30. The van der Waals surface area contributed by atoms with Crippen LogP contribution in [0.1, 0.15) is 13.8 Å². The van der Waals surface area contributed by atoms with E-state index >= 15 is 0 Å². The molecule has 0 heterocycles. The normalized spacial score (nSPS) is 14.2. The van der Waals surface area contributed by atoms with Gasteiger partial charge >= 0.3 is 5.97 Å². The molecule has 0 aromatic heterocycles. The zero-order valence-corrected chi connectivity index (χ0v) is 10.8. The molecule has 3 nitrogen and oxygen atoms in total. The van der Waals surface area contributed by atoms with Crippen LogP contribution in [0.5, 0.6) is 0 Å². The van der Waals surface area contributed by atoms with Gasteiger partial charge in [0, 0.05) is 11.7 Å².